The Balaban J connectivity index is 1.67. The van der Waals surface area contributed by atoms with E-state index in [1.54, 1.807) is 0 Å². The monoisotopic (exact) mass is 374 g/mol. The number of benzene rings is 1. The van der Waals surface area contributed by atoms with Crippen molar-refractivity contribution in [2.24, 2.45) is 5.92 Å². The zero-order valence-corrected chi connectivity index (χ0v) is 12.5. The number of rotatable bonds is 4. The van der Waals surface area contributed by atoms with E-state index in [-0.39, 0.29) is 24.1 Å². The van der Waals surface area contributed by atoms with E-state index in [0.717, 1.165) is 9.99 Å². The Morgan fingerprint density at radius 3 is 2.84 bits per heavy atom. The maximum absolute atomic E-state index is 11.9. The van der Waals surface area contributed by atoms with Crippen molar-refractivity contribution in [1.82, 2.24) is 0 Å². The summed E-state index contributed by atoms with van der Waals surface area (Å²) in [4.78, 5) is 11.9. The van der Waals surface area contributed by atoms with E-state index in [0.29, 0.717) is 13.2 Å². The van der Waals surface area contributed by atoms with Crippen molar-refractivity contribution in [1.29, 1.82) is 0 Å². The zero-order valence-electron chi connectivity index (χ0n) is 10.3. The Morgan fingerprint density at radius 1 is 1.32 bits per heavy atom. The molecule has 1 aromatic rings. The van der Waals surface area contributed by atoms with Gasteiger partial charge in [0.25, 0.3) is 0 Å². The Labute approximate surface area is 125 Å². The Morgan fingerprint density at radius 2 is 2.11 bits per heavy atom. The van der Waals surface area contributed by atoms with E-state index in [4.69, 9.17) is 14.2 Å². The summed E-state index contributed by atoms with van der Waals surface area (Å²) < 4.78 is 17.6. The van der Waals surface area contributed by atoms with Crippen LogP contribution in [0.5, 0.6) is 0 Å². The number of halogens is 1. The number of hydrogen-bond donors (Lipinski definition) is 0. The van der Waals surface area contributed by atoms with Gasteiger partial charge in [0, 0.05) is 4.43 Å². The van der Waals surface area contributed by atoms with Gasteiger partial charge in [0.2, 0.25) is 0 Å². The zero-order chi connectivity index (χ0) is 13.2. The van der Waals surface area contributed by atoms with Gasteiger partial charge in [-0.2, -0.15) is 0 Å². The summed E-state index contributed by atoms with van der Waals surface area (Å²) in [5.41, 5.74) is 1.06. The van der Waals surface area contributed by atoms with Crippen molar-refractivity contribution in [2.45, 2.75) is 24.9 Å². The summed E-state index contributed by atoms with van der Waals surface area (Å²) in [7, 11) is 0. The van der Waals surface area contributed by atoms with Crippen LogP contribution in [0.15, 0.2) is 30.3 Å². The van der Waals surface area contributed by atoms with Gasteiger partial charge in [-0.25, -0.2) is 4.79 Å². The maximum atomic E-state index is 11.9. The fraction of sp³-hybridized carbons (Fsp3) is 0.500. The molecule has 0 amide bonds. The first-order chi connectivity index (χ1) is 9.29. The summed E-state index contributed by atoms with van der Waals surface area (Å²) in [6, 6.07) is 9.85. The molecule has 0 spiro atoms. The third-order valence-corrected chi connectivity index (χ3v) is 4.48. The lowest BCUT2D eigenvalue weighted by molar-refractivity contribution is -0.153. The molecule has 19 heavy (non-hydrogen) atoms. The standard InChI is InChI=1S/C14H15IO4/c15-6-10-12-11(8-17-10)19-14(16)13(12)18-7-9-4-2-1-3-5-9/h1-5,10-13H,6-8H2/t10-,11+,12-,13-/m0/s1. The highest BCUT2D eigenvalue weighted by Gasteiger charge is 2.53. The van der Waals surface area contributed by atoms with E-state index in [1.165, 1.54) is 0 Å². The number of carbonyl (C=O) groups excluding carboxylic acids is 1. The Bertz CT molecular complexity index is 450. The van der Waals surface area contributed by atoms with E-state index in [9.17, 15) is 4.79 Å². The molecule has 5 heteroatoms. The molecule has 0 N–H and O–H groups in total. The molecule has 0 saturated carbocycles. The quantitative estimate of drug-likeness (QED) is 0.459. The van der Waals surface area contributed by atoms with Crippen molar-refractivity contribution in [3.63, 3.8) is 0 Å². The summed E-state index contributed by atoms with van der Waals surface area (Å²) in [5.74, 6) is -0.211. The van der Waals surface area contributed by atoms with Crippen LogP contribution in [0.1, 0.15) is 5.56 Å². The smallest absolute Gasteiger partial charge is 0.336 e. The minimum absolute atomic E-state index is 0.0353. The van der Waals surface area contributed by atoms with Crippen molar-refractivity contribution < 1.29 is 19.0 Å². The summed E-state index contributed by atoms with van der Waals surface area (Å²) in [6.07, 6.45) is -0.571. The lowest BCUT2D eigenvalue weighted by atomic mass is 9.96. The van der Waals surface area contributed by atoms with Gasteiger partial charge in [-0.1, -0.05) is 52.9 Å². The molecule has 2 fully saturated rings. The molecule has 2 aliphatic heterocycles. The van der Waals surface area contributed by atoms with Gasteiger partial charge in [-0.05, 0) is 5.56 Å². The number of hydrogen-bond acceptors (Lipinski definition) is 4. The predicted molar refractivity (Wildman–Crippen MR) is 77.0 cm³/mol. The molecule has 0 radical (unpaired) electrons. The average Bonchev–Trinajstić information content (AvgIpc) is 2.96. The third kappa shape index (κ3) is 2.64. The summed E-state index contributed by atoms with van der Waals surface area (Å²) in [5, 5.41) is 0. The summed E-state index contributed by atoms with van der Waals surface area (Å²) in [6.45, 7) is 0.924. The number of ether oxygens (including phenoxy) is 3. The molecule has 102 valence electrons. The first-order valence-corrected chi connectivity index (χ1v) is 7.85. The molecule has 0 aliphatic carbocycles. The second-order valence-corrected chi connectivity index (χ2v) is 5.68. The molecule has 4 atom stereocenters. The molecule has 2 heterocycles. The van der Waals surface area contributed by atoms with E-state index in [1.807, 2.05) is 30.3 Å². The van der Waals surface area contributed by atoms with Gasteiger partial charge >= 0.3 is 5.97 Å². The van der Waals surface area contributed by atoms with Crippen LogP contribution in [-0.4, -0.2) is 35.3 Å². The Kier molecular flexibility index (Phi) is 4.04. The molecule has 0 bridgehead atoms. The highest BCUT2D eigenvalue weighted by atomic mass is 127. The third-order valence-electron chi connectivity index (χ3n) is 3.61. The van der Waals surface area contributed by atoms with E-state index < -0.39 is 6.10 Å². The van der Waals surface area contributed by atoms with Gasteiger partial charge in [0.15, 0.2) is 6.10 Å². The second-order valence-electron chi connectivity index (χ2n) is 4.80. The summed E-state index contributed by atoms with van der Waals surface area (Å²) >= 11 is 2.28. The molecule has 0 unspecified atom stereocenters. The molecular weight excluding hydrogens is 359 g/mol. The molecule has 2 saturated heterocycles. The van der Waals surface area contributed by atoms with Crippen LogP contribution in [0.25, 0.3) is 0 Å². The predicted octanol–water partition coefficient (Wildman–Crippen LogP) is 1.95. The van der Waals surface area contributed by atoms with Gasteiger partial charge in [0.1, 0.15) is 6.10 Å². The van der Waals surface area contributed by atoms with Gasteiger partial charge in [-0.3, -0.25) is 0 Å². The Hall–Kier alpha value is -0.660. The highest BCUT2D eigenvalue weighted by Crippen LogP contribution is 2.36. The average molecular weight is 374 g/mol. The number of carbonyl (C=O) groups is 1. The molecular formula is C14H15IO4. The topological polar surface area (TPSA) is 44.8 Å². The number of alkyl halides is 1. The van der Waals surface area contributed by atoms with Crippen molar-refractivity contribution in [2.75, 3.05) is 11.0 Å². The van der Waals surface area contributed by atoms with E-state index >= 15 is 0 Å². The van der Waals surface area contributed by atoms with Gasteiger partial charge in [-0.15, -0.1) is 0 Å². The van der Waals surface area contributed by atoms with Crippen LogP contribution in [0.3, 0.4) is 0 Å². The molecule has 3 rings (SSSR count). The number of esters is 1. The van der Waals surface area contributed by atoms with Crippen LogP contribution in [0.2, 0.25) is 0 Å². The minimum atomic E-state index is -0.493. The van der Waals surface area contributed by atoms with Crippen molar-refractivity contribution in [3.8, 4) is 0 Å². The maximum Gasteiger partial charge on any atom is 0.336 e. The largest absolute Gasteiger partial charge is 0.457 e. The lowest BCUT2D eigenvalue weighted by Crippen LogP contribution is -2.34. The second kappa shape index (κ2) is 5.76. The molecule has 4 nitrogen and oxygen atoms in total. The first-order valence-electron chi connectivity index (χ1n) is 6.33. The van der Waals surface area contributed by atoms with Crippen molar-refractivity contribution in [3.05, 3.63) is 35.9 Å². The van der Waals surface area contributed by atoms with E-state index in [2.05, 4.69) is 22.6 Å². The minimum Gasteiger partial charge on any atom is -0.457 e. The van der Waals surface area contributed by atoms with Crippen LogP contribution >= 0.6 is 22.6 Å². The van der Waals surface area contributed by atoms with Crippen LogP contribution < -0.4 is 0 Å². The molecule has 0 aromatic heterocycles. The lowest BCUT2D eigenvalue weighted by Gasteiger charge is -2.19. The van der Waals surface area contributed by atoms with Gasteiger partial charge < -0.3 is 14.2 Å². The van der Waals surface area contributed by atoms with Crippen LogP contribution in [-0.2, 0) is 25.6 Å². The van der Waals surface area contributed by atoms with Crippen LogP contribution in [0.4, 0.5) is 0 Å². The van der Waals surface area contributed by atoms with Gasteiger partial charge in [0.05, 0.1) is 25.2 Å². The SMILES string of the molecule is O=C1O[C@@H]2CO[C@@H](CI)[C@@H]2[C@@H]1OCc1ccccc1. The fourth-order valence-corrected chi connectivity index (χ4v) is 3.48. The normalized spacial score (nSPS) is 33.2. The highest BCUT2D eigenvalue weighted by molar-refractivity contribution is 14.1. The molecule has 1 aromatic carbocycles. The van der Waals surface area contributed by atoms with Crippen LogP contribution in [0, 0.1) is 5.92 Å². The molecule has 2 aliphatic rings. The first kappa shape index (κ1) is 13.3. The van der Waals surface area contributed by atoms with Crippen molar-refractivity contribution >= 4 is 28.6 Å². The number of fused-ring (bicyclic) bond motifs is 1. The fourth-order valence-electron chi connectivity index (χ4n) is 2.64.